The molecular weight excluding hydrogens is 443 g/mol. The number of halogens is 1. The molecule has 0 bridgehead atoms. The van der Waals surface area contributed by atoms with Crippen LogP contribution in [0.5, 0.6) is 0 Å². The maximum absolute atomic E-state index is 5.52. The van der Waals surface area contributed by atoms with Gasteiger partial charge in [0, 0.05) is 39.8 Å². The topological polar surface area (TPSA) is 58.1 Å². The normalized spacial score (nSPS) is 17.9. The van der Waals surface area contributed by atoms with Gasteiger partial charge in [0.05, 0.1) is 25.9 Å². The summed E-state index contributed by atoms with van der Waals surface area (Å²) in [7, 11) is 3.51. The van der Waals surface area contributed by atoms with Crippen LogP contribution in [0.15, 0.2) is 29.3 Å². The van der Waals surface area contributed by atoms with Gasteiger partial charge in [0.2, 0.25) is 0 Å². The predicted molar refractivity (Wildman–Crippen MR) is 118 cm³/mol. The van der Waals surface area contributed by atoms with Gasteiger partial charge in [-0.1, -0.05) is 29.8 Å². The number of aryl methyl sites for hydroxylation is 1. The van der Waals surface area contributed by atoms with Crippen molar-refractivity contribution in [3.63, 3.8) is 0 Å². The van der Waals surface area contributed by atoms with Crippen molar-refractivity contribution in [3.8, 4) is 0 Å². The second-order valence-corrected chi connectivity index (χ2v) is 6.53. The Morgan fingerprint density at radius 3 is 2.69 bits per heavy atom. The quantitative estimate of drug-likeness (QED) is 0.359. The van der Waals surface area contributed by atoms with E-state index in [1.165, 1.54) is 11.1 Å². The molecule has 0 aromatic heterocycles. The number of ether oxygens (including phenoxy) is 2. The highest BCUT2D eigenvalue weighted by atomic mass is 127. The number of benzene rings is 1. The van der Waals surface area contributed by atoms with Gasteiger partial charge in [0.25, 0.3) is 0 Å². The number of hydrogen-bond donors (Lipinski definition) is 2. The van der Waals surface area contributed by atoms with Gasteiger partial charge in [-0.25, -0.2) is 0 Å². The molecule has 2 unspecified atom stereocenters. The molecule has 1 aromatic carbocycles. The van der Waals surface area contributed by atoms with E-state index in [0.29, 0.717) is 12.6 Å². The van der Waals surface area contributed by atoms with Crippen LogP contribution >= 0.6 is 24.0 Å². The Morgan fingerprint density at radius 1 is 1.35 bits per heavy atom. The van der Waals surface area contributed by atoms with Gasteiger partial charge < -0.3 is 20.1 Å². The molecule has 1 aromatic rings. The van der Waals surface area contributed by atoms with E-state index in [-0.39, 0.29) is 30.0 Å². The van der Waals surface area contributed by atoms with Crippen molar-refractivity contribution >= 4 is 29.9 Å². The van der Waals surface area contributed by atoms with Crippen LogP contribution in [0.4, 0.5) is 0 Å². The van der Waals surface area contributed by atoms with Crippen LogP contribution in [0.1, 0.15) is 24.1 Å². The van der Waals surface area contributed by atoms with Crippen molar-refractivity contribution in [3.05, 3.63) is 35.4 Å². The molecule has 26 heavy (non-hydrogen) atoms. The first-order chi connectivity index (χ1) is 12.1. The molecule has 1 saturated heterocycles. The summed E-state index contributed by atoms with van der Waals surface area (Å²) >= 11 is 0. The Balaban J connectivity index is 0.00000338. The summed E-state index contributed by atoms with van der Waals surface area (Å²) in [6.07, 6.45) is 0. The lowest BCUT2D eigenvalue weighted by Gasteiger charge is -2.35. The number of hydrogen-bond acceptors (Lipinski definition) is 4. The van der Waals surface area contributed by atoms with Crippen LogP contribution in [0, 0.1) is 6.92 Å². The number of morpholine rings is 1. The maximum atomic E-state index is 5.52. The lowest BCUT2D eigenvalue weighted by atomic mass is 10.0. The zero-order chi connectivity index (χ0) is 18.1. The van der Waals surface area contributed by atoms with E-state index < -0.39 is 0 Å². The summed E-state index contributed by atoms with van der Waals surface area (Å²) in [4.78, 5) is 6.82. The van der Waals surface area contributed by atoms with E-state index in [9.17, 15) is 0 Å². The van der Waals surface area contributed by atoms with Gasteiger partial charge in [-0.15, -0.1) is 24.0 Å². The van der Waals surface area contributed by atoms with Crippen LogP contribution < -0.4 is 10.6 Å². The van der Waals surface area contributed by atoms with Crippen LogP contribution in [0.2, 0.25) is 0 Å². The number of methoxy groups -OCH3 is 1. The molecule has 1 aliphatic rings. The monoisotopic (exact) mass is 476 g/mol. The number of nitrogens with one attached hydrogen (secondary N) is 2. The minimum Gasteiger partial charge on any atom is -0.383 e. The van der Waals surface area contributed by atoms with E-state index in [1.807, 2.05) is 0 Å². The molecule has 2 atom stereocenters. The van der Waals surface area contributed by atoms with Gasteiger partial charge in [-0.2, -0.15) is 0 Å². The molecule has 0 saturated carbocycles. The van der Waals surface area contributed by atoms with Gasteiger partial charge >= 0.3 is 0 Å². The lowest BCUT2D eigenvalue weighted by Crippen LogP contribution is -2.48. The van der Waals surface area contributed by atoms with Crippen LogP contribution in [-0.4, -0.2) is 70.5 Å². The molecule has 2 rings (SSSR count). The Bertz CT molecular complexity index is 550. The molecule has 1 heterocycles. The Morgan fingerprint density at radius 2 is 2.08 bits per heavy atom. The summed E-state index contributed by atoms with van der Waals surface area (Å²) < 4.78 is 10.7. The van der Waals surface area contributed by atoms with Gasteiger partial charge in [0.15, 0.2) is 5.96 Å². The summed E-state index contributed by atoms with van der Waals surface area (Å²) in [6, 6.07) is 9.24. The molecule has 0 radical (unpaired) electrons. The number of nitrogens with zero attached hydrogens (tertiary/aromatic N) is 2. The maximum Gasteiger partial charge on any atom is 0.191 e. The highest BCUT2D eigenvalue weighted by molar-refractivity contribution is 14.0. The zero-order valence-corrected chi connectivity index (χ0v) is 18.7. The molecule has 1 fully saturated rings. The molecule has 148 valence electrons. The molecule has 0 aliphatic carbocycles. The van der Waals surface area contributed by atoms with E-state index in [1.54, 1.807) is 14.2 Å². The average Bonchev–Trinajstić information content (AvgIpc) is 2.62. The summed E-state index contributed by atoms with van der Waals surface area (Å²) in [5, 5.41) is 6.83. The molecule has 1 aliphatic heterocycles. The second-order valence-electron chi connectivity index (χ2n) is 6.53. The largest absolute Gasteiger partial charge is 0.383 e. The van der Waals surface area contributed by atoms with Crippen molar-refractivity contribution in [2.75, 3.05) is 53.6 Å². The third kappa shape index (κ3) is 7.38. The first-order valence-corrected chi connectivity index (χ1v) is 8.98. The molecule has 0 spiro atoms. The summed E-state index contributed by atoms with van der Waals surface area (Å²) in [5.41, 5.74) is 2.61. The van der Waals surface area contributed by atoms with Crippen LogP contribution in [0.25, 0.3) is 0 Å². The molecule has 7 heteroatoms. The van der Waals surface area contributed by atoms with Crippen molar-refractivity contribution < 1.29 is 9.47 Å². The third-order valence-electron chi connectivity index (χ3n) is 4.40. The fourth-order valence-electron chi connectivity index (χ4n) is 3.14. The molecule has 0 amide bonds. The molecular formula is C19H33IN4O2. The van der Waals surface area contributed by atoms with Crippen molar-refractivity contribution in [1.82, 2.24) is 15.5 Å². The van der Waals surface area contributed by atoms with Crippen molar-refractivity contribution in [2.45, 2.75) is 25.9 Å². The Kier molecular flexibility index (Phi) is 11.1. The van der Waals surface area contributed by atoms with E-state index >= 15 is 0 Å². The van der Waals surface area contributed by atoms with Gasteiger partial charge in [-0.3, -0.25) is 9.89 Å². The van der Waals surface area contributed by atoms with E-state index in [2.05, 4.69) is 58.6 Å². The number of aliphatic imine (C=N–C) groups is 1. The molecule has 6 nitrogen and oxygen atoms in total. The third-order valence-corrected chi connectivity index (χ3v) is 4.40. The van der Waals surface area contributed by atoms with E-state index in [4.69, 9.17) is 9.47 Å². The Hall–Kier alpha value is -0.900. The van der Waals surface area contributed by atoms with E-state index in [0.717, 1.165) is 38.8 Å². The van der Waals surface area contributed by atoms with Gasteiger partial charge in [-0.05, 0) is 19.4 Å². The standard InChI is InChI=1S/C19H32N4O2.HI/c1-15-6-5-7-17(12-15)18(23-8-10-25-11-9-23)13-21-19(20-3)22-16(2)14-24-4;/h5-7,12,16,18H,8-11,13-14H2,1-4H3,(H2,20,21,22);1H. The predicted octanol–water partition coefficient (Wildman–Crippen LogP) is 2.19. The minimum atomic E-state index is 0. The number of rotatable bonds is 7. The van der Waals surface area contributed by atoms with Crippen molar-refractivity contribution in [2.24, 2.45) is 4.99 Å². The summed E-state index contributed by atoms with van der Waals surface area (Å²) in [6.45, 7) is 9.14. The highest BCUT2D eigenvalue weighted by Gasteiger charge is 2.23. The van der Waals surface area contributed by atoms with Crippen LogP contribution in [-0.2, 0) is 9.47 Å². The summed E-state index contributed by atoms with van der Waals surface area (Å²) in [5.74, 6) is 0.801. The Labute approximate surface area is 174 Å². The van der Waals surface area contributed by atoms with Gasteiger partial charge in [0.1, 0.15) is 0 Å². The SMILES string of the molecule is CN=C(NCC(c1cccc(C)c1)N1CCOCC1)NC(C)COC.I. The fraction of sp³-hybridized carbons (Fsp3) is 0.632. The molecule has 2 N–H and O–H groups in total. The average molecular weight is 476 g/mol. The van der Waals surface area contributed by atoms with Crippen LogP contribution in [0.3, 0.4) is 0 Å². The smallest absolute Gasteiger partial charge is 0.191 e. The number of guanidine groups is 1. The lowest BCUT2D eigenvalue weighted by molar-refractivity contribution is 0.0169. The van der Waals surface area contributed by atoms with Crippen molar-refractivity contribution in [1.29, 1.82) is 0 Å². The highest BCUT2D eigenvalue weighted by Crippen LogP contribution is 2.22. The minimum absolute atomic E-state index is 0. The fourth-order valence-corrected chi connectivity index (χ4v) is 3.14. The zero-order valence-electron chi connectivity index (χ0n) is 16.3. The second kappa shape index (κ2) is 12.5. The first kappa shape index (κ1) is 23.1. The first-order valence-electron chi connectivity index (χ1n) is 8.98.